The van der Waals surface area contributed by atoms with E-state index in [1.165, 1.54) is 45.2 Å². The van der Waals surface area contributed by atoms with Crippen molar-refractivity contribution in [1.29, 1.82) is 0 Å². The molecular weight excluding hydrogens is 232 g/mol. The van der Waals surface area contributed by atoms with Crippen molar-refractivity contribution in [3.63, 3.8) is 0 Å². The first-order valence-electron chi connectivity index (χ1n) is 8.48. The number of hydrogen-bond donors (Lipinski definition) is 1. The number of hydrogen-bond acceptors (Lipinski definition) is 2. The molecule has 0 radical (unpaired) electrons. The Morgan fingerprint density at radius 2 is 1.63 bits per heavy atom. The van der Waals surface area contributed by atoms with E-state index in [1.54, 1.807) is 0 Å². The second-order valence-electron chi connectivity index (χ2n) is 6.47. The number of nitrogens with one attached hydrogen (secondary N) is 1. The zero-order valence-corrected chi connectivity index (χ0v) is 14.3. The molecule has 2 nitrogen and oxygen atoms in total. The maximum absolute atomic E-state index is 3.68. The normalized spacial score (nSPS) is 15.2. The maximum Gasteiger partial charge on any atom is 0.0110 e. The van der Waals surface area contributed by atoms with E-state index in [-0.39, 0.29) is 0 Å². The van der Waals surface area contributed by atoms with Gasteiger partial charge in [-0.2, -0.15) is 0 Å². The quantitative estimate of drug-likeness (QED) is 0.569. The molecular formula is C17H38N2. The minimum atomic E-state index is 0.660. The van der Waals surface area contributed by atoms with Crippen LogP contribution in [0.4, 0.5) is 0 Å². The summed E-state index contributed by atoms with van der Waals surface area (Å²) in [6.07, 6.45) is 6.51. The Balaban J connectivity index is 3.84. The summed E-state index contributed by atoms with van der Waals surface area (Å²) in [5, 5.41) is 3.68. The van der Waals surface area contributed by atoms with E-state index in [1.807, 2.05) is 0 Å². The van der Waals surface area contributed by atoms with Crippen LogP contribution in [0.2, 0.25) is 0 Å². The average Bonchev–Trinajstić information content (AvgIpc) is 2.39. The predicted molar refractivity (Wildman–Crippen MR) is 87.8 cm³/mol. The minimum absolute atomic E-state index is 0.660. The van der Waals surface area contributed by atoms with Crippen molar-refractivity contribution < 1.29 is 0 Å². The molecule has 0 aliphatic rings. The number of nitrogens with zero attached hydrogens (tertiary/aromatic N) is 1. The second kappa shape index (κ2) is 11.7. The molecule has 0 aromatic heterocycles. The fourth-order valence-electron chi connectivity index (χ4n) is 2.31. The van der Waals surface area contributed by atoms with Gasteiger partial charge < -0.3 is 5.32 Å². The van der Waals surface area contributed by atoms with Crippen molar-refractivity contribution in [3.05, 3.63) is 0 Å². The highest BCUT2D eigenvalue weighted by Crippen LogP contribution is 2.07. The topological polar surface area (TPSA) is 15.3 Å². The average molecular weight is 271 g/mol. The van der Waals surface area contributed by atoms with Crippen molar-refractivity contribution in [2.24, 2.45) is 5.92 Å². The Hall–Kier alpha value is -0.0800. The molecule has 0 aliphatic heterocycles. The fourth-order valence-corrected chi connectivity index (χ4v) is 2.31. The van der Waals surface area contributed by atoms with Crippen LogP contribution in [0.1, 0.15) is 73.6 Å². The third-order valence-corrected chi connectivity index (χ3v) is 4.08. The lowest BCUT2D eigenvalue weighted by atomic mass is 10.0. The standard InChI is InChI=1S/C17H38N2/c1-7-9-13-19(17(6)8-2)14-12-18-16(5)11-10-15(3)4/h15-18H,7-14H2,1-6H3. The van der Waals surface area contributed by atoms with Crippen molar-refractivity contribution in [3.8, 4) is 0 Å². The van der Waals surface area contributed by atoms with Gasteiger partial charge in [0.15, 0.2) is 0 Å². The smallest absolute Gasteiger partial charge is 0.0110 e. The van der Waals surface area contributed by atoms with Crippen LogP contribution in [0, 0.1) is 5.92 Å². The van der Waals surface area contributed by atoms with Gasteiger partial charge >= 0.3 is 0 Å². The lowest BCUT2D eigenvalue weighted by Crippen LogP contribution is -2.40. The molecule has 0 heterocycles. The van der Waals surface area contributed by atoms with Crippen LogP contribution in [-0.4, -0.2) is 36.6 Å². The van der Waals surface area contributed by atoms with Crippen LogP contribution in [-0.2, 0) is 0 Å². The van der Waals surface area contributed by atoms with Gasteiger partial charge in [-0.25, -0.2) is 0 Å². The van der Waals surface area contributed by atoms with Crippen LogP contribution < -0.4 is 5.32 Å². The lowest BCUT2D eigenvalue weighted by Gasteiger charge is -2.29. The first kappa shape index (κ1) is 18.9. The molecule has 0 saturated carbocycles. The van der Waals surface area contributed by atoms with E-state index < -0.39 is 0 Å². The molecule has 0 amide bonds. The highest BCUT2D eigenvalue weighted by Gasteiger charge is 2.11. The maximum atomic E-state index is 3.68. The van der Waals surface area contributed by atoms with Gasteiger partial charge in [0.25, 0.3) is 0 Å². The van der Waals surface area contributed by atoms with Gasteiger partial charge in [0.2, 0.25) is 0 Å². The van der Waals surface area contributed by atoms with E-state index in [2.05, 4.69) is 51.8 Å². The van der Waals surface area contributed by atoms with Crippen LogP contribution in [0.25, 0.3) is 0 Å². The molecule has 0 aromatic carbocycles. The molecule has 0 fully saturated rings. The minimum Gasteiger partial charge on any atom is -0.313 e. The SMILES string of the molecule is CCCCN(CCNC(C)CCC(C)C)C(C)CC. The highest BCUT2D eigenvalue weighted by atomic mass is 15.2. The Labute approximate surface area is 122 Å². The van der Waals surface area contributed by atoms with Gasteiger partial charge in [-0.05, 0) is 52.0 Å². The van der Waals surface area contributed by atoms with Gasteiger partial charge in [-0.3, -0.25) is 4.90 Å². The molecule has 0 aromatic rings. The van der Waals surface area contributed by atoms with E-state index in [0.29, 0.717) is 6.04 Å². The first-order valence-corrected chi connectivity index (χ1v) is 8.48. The second-order valence-corrected chi connectivity index (χ2v) is 6.47. The van der Waals surface area contributed by atoms with Crippen LogP contribution in [0.3, 0.4) is 0 Å². The number of unbranched alkanes of at least 4 members (excludes halogenated alkanes) is 1. The third kappa shape index (κ3) is 10.4. The van der Waals surface area contributed by atoms with Crippen LogP contribution >= 0.6 is 0 Å². The molecule has 19 heavy (non-hydrogen) atoms. The third-order valence-electron chi connectivity index (χ3n) is 4.08. The van der Waals surface area contributed by atoms with Crippen LogP contribution in [0.5, 0.6) is 0 Å². The number of rotatable bonds is 12. The zero-order valence-electron chi connectivity index (χ0n) is 14.3. The lowest BCUT2D eigenvalue weighted by molar-refractivity contribution is 0.199. The summed E-state index contributed by atoms with van der Waals surface area (Å²) in [5.74, 6) is 0.824. The summed E-state index contributed by atoms with van der Waals surface area (Å²) in [7, 11) is 0. The van der Waals surface area contributed by atoms with Crippen molar-refractivity contribution in [2.75, 3.05) is 19.6 Å². The van der Waals surface area contributed by atoms with E-state index in [4.69, 9.17) is 0 Å². The van der Waals surface area contributed by atoms with E-state index in [0.717, 1.165) is 18.5 Å². The molecule has 0 rings (SSSR count). The van der Waals surface area contributed by atoms with Crippen molar-refractivity contribution >= 4 is 0 Å². The van der Waals surface area contributed by atoms with Gasteiger partial charge in [-0.15, -0.1) is 0 Å². The molecule has 2 unspecified atom stereocenters. The fraction of sp³-hybridized carbons (Fsp3) is 1.00. The van der Waals surface area contributed by atoms with Gasteiger partial charge in [0, 0.05) is 25.2 Å². The molecule has 2 atom stereocenters. The molecule has 0 saturated heterocycles. The Bertz CT molecular complexity index is 192. The molecule has 1 N–H and O–H groups in total. The zero-order chi connectivity index (χ0) is 14.7. The van der Waals surface area contributed by atoms with Crippen LogP contribution in [0.15, 0.2) is 0 Å². The van der Waals surface area contributed by atoms with Crippen molar-refractivity contribution in [2.45, 2.75) is 85.7 Å². The Morgan fingerprint density at radius 1 is 0.947 bits per heavy atom. The monoisotopic (exact) mass is 270 g/mol. The molecule has 0 bridgehead atoms. The summed E-state index contributed by atoms with van der Waals surface area (Å²) in [5.41, 5.74) is 0. The summed E-state index contributed by atoms with van der Waals surface area (Å²) in [4.78, 5) is 2.64. The predicted octanol–water partition coefficient (Wildman–Crippen LogP) is 4.30. The molecule has 2 heteroatoms. The molecule has 0 spiro atoms. The Morgan fingerprint density at radius 3 is 2.16 bits per heavy atom. The van der Waals surface area contributed by atoms with E-state index in [9.17, 15) is 0 Å². The Kier molecular flexibility index (Phi) is 11.7. The van der Waals surface area contributed by atoms with Gasteiger partial charge in [-0.1, -0.05) is 34.1 Å². The molecule has 116 valence electrons. The van der Waals surface area contributed by atoms with E-state index >= 15 is 0 Å². The van der Waals surface area contributed by atoms with Crippen molar-refractivity contribution in [1.82, 2.24) is 10.2 Å². The summed E-state index contributed by atoms with van der Waals surface area (Å²) < 4.78 is 0. The van der Waals surface area contributed by atoms with Gasteiger partial charge in [0.1, 0.15) is 0 Å². The largest absolute Gasteiger partial charge is 0.313 e. The molecule has 0 aliphatic carbocycles. The highest BCUT2D eigenvalue weighted by molar-refractivity contribution is 4.69. The summed E-state index contributed by atoms with van der Waals surface area (Å²) in [6, 6.07) is 1.38. The summed E-state index contributed by atoms with van der Waals surface area (Å²) in [6.45, 7) is 17.5. The summed E-state index contributed by atoms with van der Waals surface area (Å²) >= 11 is 0. The first-order chi connectivity index (χ1) is 9.01. The van der Waals surface area contributed by atoms with Gasteiger partial charge in [0.05, 0.1) is 0 Å².